The predicted molar refractivity (Wildman–Crippen MR) is 86.4 cm³/mol. The molecule has 116 valence electrons. The van der Waals surface area contributed by atoms with Gasteiger partial charge in [0.1, 0.15) is 11.5 Å². The van der Waals surface area contributed by atoms with Crippen LogP contribution in [0.15, 0.2) is 29.3 Å². The van der Waals surface area contributed by atoms with E-state index in [4.69, 9.17) is 5.73 Å². The highest BCUT2D eigenvalue weighted by Crippen LogP contribution is 2.34. The third-order valence-corrected chi connectivity index (χ3v) is 5.23. The summed E-state index contributed by atoms with van der Waals surface area (Å²) < 4.78 is 24.6. The number of nitrogens with zero attached hydrogens (tertiary/aromatic N) is 2. The normalized spacial score (nSPS) is 20.9. The second kappa shape index (κ2) is 5.47. The fourth-order valence-corrected chi connectivity index (χ4v) is 3.66. The summed E-state index contributed by atoms with van der Waals surface area (Å²) in [5.41, 5.74) is 7.45. The number of benzene rings is 1. The van der Waals surface area contributed by atoms with E-state index in [1.807, 2.05) is 24.3 Å². The Morgan fingerprint density at radius 3 is 2.52 bits per heavy atom. The molecule has 1 aromatic carbocycles. The number of aliphatic imine (C=N–C) groups is 1. The number of anilines is 1. The Labute approximate surface area is 130 Å². The van der Waals surface area contributed by atoms with Crippen LogP contribution < -0.4 is 11.1 Å². The van der Waals surface area contributed by atoms with E-state index in [0.29, 0.717) is 31.8 Å². The van der Waals surface area contributed by atoms with Crippen molar-refractivity contribution in [2.45, 2.75) is 18.5 Å². The van der Waals surface area contributed by atoms with E-state index < -0.39 is 15.7 Å². The predicted octanol–water partition coefficient (Wildman–Crippen LogP) is 0.991. The fourth-order valence-electron chi connectivity index (χ4n) is 2.81. The molecule has 6 nitrogen and oxygen atoms in total. The van der Waals surface area contributed by atoms with E-state index in [2.05, 4.69) is 10.3 Å². The van der Waals surface area contributed by atoms with Gasteiger partial charge in [-0.3, -0.25) is 0 Å². The first-order valence-electron chi connectivity index (χ1n) is 6.58. The zero-order valence-corrected chi connectivity index (χ0v) is 13.4. The van der Waals surface area contributed by atoms with Gasteiger partial charge in [-0.25, -0.2) is 17.7 Å². The van der Waals surface area contributed by atoms with Crippen molar-refractivity contribution < 1.29 is 8.42 Å². The molecular weight excluding hydrogens is 312 g/mol. The number of nitrogens with one attached hydrogen (secondary N) is 1. The van der Waals surface area contributed by atoms with Crippen molar-refractivity contribution in [3.63, 3.8) is 0 Å². The second-order valence-electron chi connectivity index (χ2n) is 5.36. The van der Waals surface area contributed by atoms with Gasteiger partial charge in [-0.2, -0.15) is 0 Å². The molecule has 0 aliphatic carbocycles. The average Bonchev–Trinajstić information content (AvgIpc) is 2.38. The van der Waals surface area contributed by atoms with Crippen molar-refractivity contribution in [3.8, 4) is 0 Å². The van der Waals surface area contributed by atoms with Crippen molar-refractivity contribution in [2.75, 3.05) is 24.7 Å². The van der Waals surface area contributed by atoms with Gasteiger partial charge in [-0.15, -0.1) is 12.4 Å². The van der Waals surface area contributed by atoms with Gasteiger partial charge in [0.15, 0.2) is 0 Å². The molecule has 1 spiro atoms. The summed E-state index contributed by atoms with van der Waals surface area (Å²) in [6, 6.07) is 7.78. The van der Waals surface area contributed by atoms with Gasteiger partial charge in [0.2, 0.25) is 10.0 Å². The van der Waals surface area contributed by atoms with Gasteiger partial charge >= 0.3 is 0 Å². The highest BCUT2D eigenvalue weighted by atomic mass is 35.5. The van der Waals surface area contributed by atoms with Gasteiger partial charge in [-0.05, 0) is 12.1 Å². The van der Waals surface area contributed by atoms with Gasteiger partial charge in [0.25, 0.3) is 0 Å². The van der Waals surface area contributed by atoms with E-state index in [9.17, 15) is 8.42 Å². The van der Waals surface area contributed by atoms with Crippen LogP contribution in [0.25, 0.3) is 0 Å². The number of hydrogen-bond acceptors (Lipinski definition) is 5. The molecule has 2 heterocycles. The van der Waals surface area contributed by atoms with Crippen molar-refractivity contribution in [3.05, 3.63) is 29.8 Å². The van der Waals surface area contributed by atoms with Crippen LogP contribution in [0.5, 0.6) is 0 Å². The van der Waals surface area contributed by atoms with Crippen molar-refractivity contribution in [2.24, 2.45) is 10.7 Å². The Morgan fingerprint density at radius 2 is 1.90 bits per heavy atom. The van der Waals surface area contributed by atoms with E-state index in [1.165, 1.54) is 10.6 Å². The number of piperidine rings is 1. The molecule has 2 aliphatic heterocycles. The number of sulfonamides is 1. The zero-order chi connectivity index (χ0) is 14.4. The Bertz CT molecular complexity index is 667. The van der Waals surface area contributed by atoms with Crippen LogP contribution in [-0.4, -0.2) is 43.6 Å². The third-order valence-electron chi connectivity index (χ3n) is 3.92. The minimum atomic E-state index is -3.13. The Morgan fingerprint density at radius 1 is 1.29 bits per heavy atom. The van der Waals surface area contributed by atoms with Crippen LogP contribution in [0.3, 0.4) is 0 Å². The molecule has 0 atom stereocenters. The Hall–Kier alpha value is -1.31. The summed E-state index contributed by atoms with van der Waals surface area (Å²) in [7, 11) is -3.13. The molecule has 21 heavy (non-hydrogen) atoms. The molecule has 0 saturated carbocycles. The summed E-state index contributed by atoms with van der Waals surface area (Å²) in [5.74, 6) is 0.521. The van der Waals surface area contributed by atoms with Crippen LogP contribution in [0.2, 0.25) is 0 Å². The topological polar surface area (TPSA) is 87.8 Å². The lowest BCUT2D eigenvalue weighted by atomic mass is 9.95. The molecule has 0 amide bonds. The van der Waals surface area contributed by atoms with Gasteiger partial charge < -0.3 is 11.1 Å². The number of hydrogen-bond donors (Lipinski definition) is 2. The second-order valence-corrected chi connectivity index (χ2v) is 7.34. The van der Waals surface area contributed by atoms with Crippen LogP contribution in [-0.2, 0) is 10.0 Å². The monoisotopic (exact) mass is 330 g/mol. The highest BCUT2D eigenvalue weighted by Gasteiger charge is 2.39. The van der Waals surface area contributed by atoms with E-state index in [1.54, 1.807) is 0 Å². The lowest BCUT2D eigenvalue weighted by Gasteiger charge is -2.41. The molecule has 0 radical (unpaired) electrons. The Balaban J connectivity index is 0.00000161. The molecule has 8 heteroatoms. The molecule has 1 aromatic rings. The average molecular weight is 331 g/mol. The lowest BCUT2D eigenvalue weighted by Crippen LogP contribution is -2.52. The molecule has 3 N–H and O–H groups in total. The van der Waals surface area contributed by atoms with Crippen molar-refractivity contribution in [1.82, 2.24) is 4.31 Å². The van der Waals surface area contributed by atoms with Gasteiger partial charge in [-0.1, -0.05) is 12.1 Å². The molecule has 0 bridgehead atoms. The first-order chi connectivity index (χ1) is 9.40. The highest BCUT2D eigenvalue weighted by molar-refractivity contribution is 7.88. The molecule has 0 aromatic heterocycles. The molecule has 2 aliphatic rings. The molecule has 0 unspecified atom stereocenters. The molecule has 3 rings (SSSR count). The van der Waals surface area contributed by atoms with E-state index in [-0.39, 0.29) is 12.4 Å². The maximum Gasteiger partial charge on any atom is 0.211 e. The number of nitrogens with two attached hydrogens (primary N) is 1. The largest absolute Gasteiger partial charge is 0.383 e. The van der Waals surface area contributed by atoms with Crippen molar-refractivity contribution >= 4 is 34.0 Å². The van der Waals surface area contributed by atoms with Gasteiger partial charge in [0, 0.05) is 37.2 Å². The third kappa shape index (κ3) is 3.00. The quantitative estimate of drug-likeness (QED) is 0.804. The minimum Gasteiger partial charge on any atom is -0.383 e. The SMILES string of the molecule is CS(=O)(=O)N1CCC2(CC1)N=C(N)c1ccccc1N2.Cl. The van der Waals surface area contributed by atoms with Crippen molar-refractivity contribution in [1.29, 1.82) is 0 Å². The molecule has 1 fully saturated rings. The standard InChI is InChI=1S/C13H18N4O2S.ClH/c1-20(18,19)17-8-6-13(7-9-17)15-11-5-3-2-4-10(11)12(14)16-13;/h2-5,15H,6-9H2,1H3,(H2,14,16);1H. The summed E-state index contributed by atoms with van der Waals surface area (Å²) in [4.78, 5) is 4.59. The van der Waals surface area contributed by atoms with Crippen LogP contribution in [0.1, 0.15) is 18.4 Å². The summed E-state index contributed by atoms with van der Waals surface area (Å²) in [6.45, 7) is 0.926. The maximum absolute atomic E-state index is 11.6. The smallest absolute Gasteiger partial charge is 0.211 e. The zero-order valence-electron chi connectivity index (χ0n) is 11.7. The van der Waals surface area contributed by atoms with E-state index >= 15 is 0 Å². The van der Waals surface area contributed by atoms with Crippen LogP contribution >= 0.6 is 12.4 Å². The summed E-state index contributed by atoms with van der Waals surface area (Å²) in [5, 5.41) is 3.43. The molecule has 1 saturated heterocycles. The minimum absolute atomic E-state index is 0. The first kappa shape index (κ1) is 16.1. The Kier molecular flexibility index (Phi) is 4.19. The number of para-hydroxylation sites is 1. The number of fused-ring (bicyclic) bond motifs is 1. The van der Waals surface area contributed by atoms with Gasteiger partial charge in [0.05, 0.1) is 6.26 Å². The van der Waals surface area contributed by atoms with E-state index in [0.717, 1.165) is 11.3 Å². The lowest BCUT2D eigenvalue weighted by molar-refractivity contribution is 0.261. The number of amidine groups is 1. The van der Waals surface area contributed by atoms with Crippen LogP contribution in [0.4, 0.5) is 5.69 Å². The first-order valence-corrected chi connectivity index (χ1v) is 8.43. The maximum atomic E-state index is 11.6. The summed E-state index contributed by atoms with van der Waals surface area (Å²) >= 11 is 0. The van der Waals surface area contributed by atoms with Crippen LogP contribution in [0, 0.1) is 0 Å². The summed E-state index contributed by atoms with van der Waals surface area (Å²) in [6.07, 6.45) is 2.48. The fraction of sp³-hybridized carbons (Fsp3) is 0.462. The molecular formula is C13H19ClN4O2S. The number of rotatable bonds is 1. The number of halogens is 1.